The Morgan fingerprint density at radius 3 is 2.88 bits per heavy atom. The van der Waals surface area contributed by atoms with Crippen LogP contribution in [0.5, 0.6) is 0 Å². The van der Waals surface area contributed by atoms with E-state index in [1.807, 2.05) is 12.1 Å². The molecule has 0 fully saturated rings. The van der Waals surface area contributed by atoms with E-state index in [2.05, 4.69) is 9.97 Å². The van der Waals surface area contributed by atoms with Crippen molar-refractivity contribution in [3.63, 3.8) is 0 Å². The van der Waals surface area contributed by atoms with E-state index in [9.17, 15) is 13.6 Å². The van der Waals surface area contributed by atoms with E-state index >= 15 is 0 Å². The fraction of sp³-hybridized carbons (Fsp3) is 0.125. The van der Waals surface area contributed by atoms with Gasteiger partial charge in [-0.25, -0.2) is 18.6 Å². The molecule has 0 saturated heterocycles. The Morgan fingerprint density at radius 2 is 2.00 bits per heavy atom. The number of benzene rings is 2. The Labute approximate surface area is 138 Å². The van der Waals surface area contributed by atoms with Crippen molar-refractivity contribution >= 4 is 33.9 Å². The monoisotopic (exact) mass is 347 g/mol. The number of hydrogen-bond acceptors (Lipinski definition) is 4. The van der Waals surface area contributed by atoms with Crippen molar-refractivity contribution < 1.29 is 13.2 Å². The normalized spacial score (nSPS) is 11.6. The molecule has 0 amide bonds. The van der Waals surface area contributed by atoms with Gasteiger partial charge in [0, 0.05) is 24.4 Å². The second-order valence-corrected chi connectivity index (χ2v) is 6.24. The zero-order chi connectivity index (χ0) is 16.7. The van der Waals surface area contributed by atoms with Gasteiger partial charge in [-0.1, -0.05) is 23.9 Å². The molecule has 0 atom stereocenters. The fourth-order valence-corrected chi connectivity index (χ4v) is 3.32. The predicted octanol–water partition coefficient (Wildman–Crippen LogP) is 3.54. The van der Waals surface area contributed by atoms with E-state index in [1.54, 1.807) is 16.7 Å². The van der Waals surface area contributed by atoms with Crippen molar-refractivity contribution in [1.29, 1.82) is 0 Å². The summed E-state index contributed by atoms with van der Waals surface area (Å²) in [4.78, 5) is 19.0. The minimum absolute atomic E-state index is 0.363. The number of rotatable bonds is 4. The Bertz CT molecular complexity index is 1060. The first kappa shape index (κ1) is 14.9. The summed E-state index contributed by atoms with van der Waals surface area (Å²) in [5.74, 6) is -1.71. The molecular formula is C16H11F2N3O2S. The number of fused-ring (bicyclic) bond motifs is 2. The van der Waals surface area contributed by atoms with Gasteiger partial charge in [-0.3, -0.25) is 4.57 Å². The summed E-state index contributed by atoms with van der Waals surface area (Å²) in [5, 5.41) is 0.538. The summed E-state index contributed by atoms with van der Waals surface area (Å²) in [6.45, 7) is 0.431. The molecule has 0 aliphatic carbocycles. The lowest BCUT2D eigenvalue weighted by Gasteiger charge is -2.00. The lowest BCUT2D eigenvalue weighted by atomic mass is 10.3. The zero-order valence-corrected chi connectivity index (χ0v) is 13.1. The fourth-order valence-electron chi connectivity index (χ4n) is 2.51. The Balaban J connectivity index is 1.53. The van der Waals surface area contributed by atoms with Gasteiger partial charge in [-0.05, 0) is 12.1 Å². The number of hydrogen-bond donors (Lipinski definition) is 1. The van der Waals surface area contributed by atoms with Crippen LogP contribution in [0.3, 0.4) is 0 Å². The van der Waals surface area contributed by atoms with Crippen LogP contribution in [-0.4, -0.2) is 20.3 Å². The molecule has 0 unspecified atom stereocenters. The lowest BCUT2D eigenvalue weighted by Crippen LogP contribution is -2.15. The number of aromatic amines is 1. The first-order valence-electron chi connectivity index (χ1n) is 7.18. The quantitative estimate of drug-likeness (QED) is 0.574. The molecule has 122 valence electrons. The number of para-hydroxylation sites is 2. The van der Waals surface area contributed by atoms with E-state index in [0.717, 1.165) is 17.6 Å². The highest BCUT2D eigenvalue weighted by molar-refractivity contribution is 7.99. The number of aryl methyl sites for hydroxylation is 1. The molecule has 2 aromatic heterocycles. The van der Waals surface area contributed by atoms with Crippen LogP contribution < -0.4 is 5.76 Å². The standard InChI is InChI=1S/C16H11F2N3O2S/c17-9-7-11-12(8-10(9)18)20-15(19-11)24-6-5-21-13-3-1-2-4-14(13)23-16(21)22/h1-4,7-8H,5-6H2,(H,19,20). The molecule has 2 aromatic carbocycles. The molecule has 0 radical (unpaired) electrons. The van der Waals surface area contributed by atoms with Crippen LogP contribution in [0.4, 0.5) is 8.78 Å². The van der Waals surface area contributed by atoms with Gasteiger partial charge in [0.1, 0.15) is 0 Å². The maximum Gasteiger partial charge on any atom is 0.419 e. The van der Waals surface area contributed by atoms with Gasteiger partial charge >= 0.3 is 5.76 Å². The molecular weight excluding hydrogens is 336 g/mol. The van der Waals surface area contributed by atoms with Crippen LogP contribution in [0, 0.1) is 11.6 Å². The minimum Gasteiger partial charge on any atom is -0.408 e. The van der Waals surface area contributed by atoms with E-state index in [-0.39, 0.29) is 0 Å². The molecule has 0 aliphatic heterocycles. The number of nitrogens with zero attached hydrogens (tertiary/aromatic N) is 2. The van der Waals surface area contributed by atoms with Gasteiger partial charge in [0.25, 0.3) is 0 Å². The third-order valence-corrected chi connectivity index (χ3v) is 4.48. The molecule has 0 bridgehead atoms. The van der Waals surface area contributed by atoms with Gasteiger partial charge in [-0.15, -0.1) is 0 Å². The van der Waals surface area contributed by atoms with Crippen LogP contribution in [0.2, 0.25) is 0 Å². The molecule has 2 heterocycles. The predicted molar refractivity (Wildman–Crippen MR) is 87.2 cm³/mol. The number of nitrogens with one attached hydrogen (secondary N) is 1. The third-order valence-electron chi connectivity index (χ3n) is 3.63. The van der Waals surface area contributed by atoms with Gasteiger partial charge in [0.2, 0.25) is 0 Å². The van der Waals surface area contributed by atoms with Crippen LogP contribution in [0.15, 0.2) is 50.8 Å². The van der Waals surface area contributed by atoms with Gasteiger partial charge in [0.15, 0.2) is 22.4 Å². The highest BCUT2D eigenvalue weighted by Crippen LogP contribution is 2.22. The number of thioether (sulfide) groups is 1. The molecule has 0 aliphatic rings. The van der Waals surface area contributed by atoms with Crippen molar-refractivity contribution in [2.75, 3.05) is 5.75 Å². The van der Waals surface area contributed by atoms with Crippen molar-refractivity contribution in [3.05, 3.63) is 58.6 Å². The molecule has 4 rings (SSSR count). The number of oxazole rings is 1. The van der Waals surface area contributed by atoms with Crippen LogP contribution >= 0.6 is 11.8 Å². The third kappa shape index (κ3) is 2.58. The van der Waals surface area contributed by atoms with E-state index in [0.29, 0.717) is 34.1 Å². The summed E-state index contributed by atoms with van der Waals surface area (Å²) >= 11 is 1.36. The van der Waals surface area contributed by atoms with Crippen molar-refractivity contribution in [2.45, 2.75) is 11.7 Å². The van der Waals surface area contributed by atoms with Gasteiger partial charge in [-0.2, -0.15) is 0 Å². The van der Waals surface area contributed by atoms with Crippen molar-refractivity contribution in [1.82, 2.24) is 14.5 Å². The SMILES string of the molecule is O=c1oc2ccccc2n1CCSc1nc2cc(F)c(F)cc2[nH]1. The van der Waals surface area contributed by atoms with E-state index in [1.165, 1.54) is 11.8 Å². The van der Waals surface area contributed by atoms with Crippen LogP contribution in [-0.2, 0) is 6.54 Å². The largest absolute Gasteiger partial charge is 0.419 e. The molecule has 4 aromatic rings. The van der Waals surface area contributed by atoms with Gasteiger partial charge in [0.05, 0.1) is 16.6 Å². The first-order valence-corrected chi connectivity index (χ1v) is 8.16. The maximum atomic E-state index is 13.2. The topological polar surface area (TPSA) is 63.8 Å². The minimum atomic E-state index is -0.929. The number of imidazole rings is 1. The Morgan fingerprint density at radius 1 is 1.21 bits per heavy atom. The average Bonchev–Trinajstić information content (AvgIpc) is 3.08. The second-order valence-electron chi connectivity index (χ2n) is 5.16. The lowest BCUT2D eigenvalue weighted by molar-refractivity contribution is 0.510. The number of H-pyrrole nitrogens is 1. The summed E-state index contributed by atoms with van der Waals surface area (Å²) < 4.78 is 33.1. The number of aromatic nitrogens is 3. The number of halogens is 2. The second kappa shape index (κ2) is 5.79. The maximum absolute atomic E-state index is 13.2. The Kier molecular flexibility index (Phi) is 3.61. The summed E-state index contributed by atoms with van der Waals surface area (Å²) in [6, 6.07) is 9.33. The van der Waals surface area contributed by atoms with Crippen molar-refractivity contribution in [2.24, 2.45) is 0 Å². The smallest absolute Gasteiger partial charge is 0.408 e. The summed E-state index contributed by atoms with van der Waals surface area (Å²) in [5.41, 5.74) is 2.07. The Hall–Kier alpha value is -2.61. The first-order chi connectivity index (χ1) is 11.6. The molecule has 5 nitrogen and oxygen atoms in total. The van der Waals surface area contributed by atoms with E-state index < -0.39 is 17.4 Å². The molecule has 1 N–H and O–H groups in total. The molecule has 8 heteroatoms. The average molecular weight is 347 g/mol. The van der Waals surface area contributed by atoms with E-state index in [4.69, 9.17) is 4.42 Å². The van der Waals surface area contributed by atoms with Crippen molar-refractivity contribution in [3.8, 4) is 0 Å². The summed E-state index contributed by atoms with van der Waals surface area (Å²) in [6.07, 6.45) is 0. The molecule has 0 spiro atoms. The zero-order valence-electron chi connectivity index (χ0n) is 12.3. The van der Waals surface area contributed by atoms with Crippen LogP contribution in [0.1, 0.15) is 0 Å². The van der Waals surface area contributed by atoms with Crippen LogP contribution in [0.25, 0.3) is 22.1 Å². The molecule has 24 heavy (non-hydrogen) atoms. The highest BCUT2D eigenvalue weighted by atomic mass is 32.2. The highest BCUT2D eigenvalue weighted by Gasteiger charge is 2.11. The summed E-state index contributed by atoms with van der Waals surface area (Å²) in [7, 11) is 0. The van der Waals surface area contributed by atoms with Gasteiger partial charge < -0.3 is 9.40 Å². The molecule has 0 saturated carbocycles.